The molecule has 0 heterocycles. The van der Waals surface area contributed by atoms with E-state index in [1.54, 1.807) is 12.1 Å². The monoisotopic (exact) mass is 244 g/mol. The molecule has 62 valence electrons. The summed E-state index contributed by atoms with van der Waals surface area (Å²) in [6.45, 7) is 0. The van der Waals surface area contributed by atoms with Gasteiger partial charge in [-0.2, -0.15) is 5.26 Å². The molecule has 0 amide bonds. The van der Waals surface area contributed by atoms with Gasteiger partial charge < -0.3 is 5.73 Å². The van der Waals surface area contributed by atoms with Crippen LogP contribution in [0.2, 0.25) is 5.02 Å². The first-order valence-corrected chi connectivity index (χ1v) is 4.42. The Morgan fingerprint density at radius 1 is 1.58 bits per heavy atom. The van der Waals surface area contributed by atoms with Gasteiger partial charge in [0.15, 0.2) is 0 Å². The summed E-state index contributed by atoms with van der Waals surface area (Å²) in [6.07, 6.45) is 0.248. The summed E-state index contributed by atoms with van der Waals surface area (Å²) < 4.78 is 0.826. The number of anilines is 1. The zero-order chi connectivity index (χ0) is 9.14. The summed E-state index contributed by atoms with van der Waals surface area (Å²) >= 11 is 9.10. The van der Waals surface area contributed by atoms with Gasteiger partial charge in [-0.05, 0) is 12.1 Å². The fraction of sp³-hybridized carbons (Fsp3) is 0.125. The molecule has 12 heavy (non-hydrogen) atoms. The summed E-state index contributed by atoms with van der Waals surface area (Å²) in [7, 11) is 0. The van der Waals surface area contributed by atoms with Gasteiger partial charge in [-0.25, -0.2) is 0 Å². The fourth-order valence-corrected chi connectivity index (χ4v) is 1.79. The Balaban J connectivity index is 3.21. The highest BCUT2D eigenvalue weighted by Gasteiger charge is 2.05. The lowest BCUT2D eigenvalue weighted by atomic mass is 10.1. The summed E-state index contributed by atoms with van der Waals surface area (Å²) in [5.41, 5.74) is 6.89. The predicted molar refractivity (Wildman–Crippen MR) is 52.9 cm³/mol. The number of hydrogen-bond acceptors (Lipinski definition) is 2. The van der Waals surface area contributed by atoms with Crippen LogP contribution in [-0.2, 0) is 6.42 Å². The van der Waals surface area contributed by atoms with Crippen molar-refractivity contribution in [1.82, 2.24) is 0 Å². The van der Waals surface area contributed by atoms with Gasteiger partial charge in [0.2, 0.25) is 0 Å². The summed E-state index contributed by atoms with van der Waals surface area (Å²) in [5, 5.41) is 8.99. The fourth-order valence-electron chi connectivity index (χ4n) is 0.889. The van der Waals surface area contributed by atoms with Crippen LogP contribution >= 0.6 is 27.5 Å². The Labute approximate surface area is 84.1 Å². The van der Waals surface area contributed by atoms with E-state index in [4.69, 9.17) is 22.6 Å². The molecule has 0 spiro atoms. The Kier molecular flexibility index (Phi) is 2.96. The molecular weight excluding hydrogens is 239 g/mol. The largest absolute Gasteiger partial charge is 0.398 e. The van der Waals surface area contributed by atoms with Crippen LogP contribution < -0.4 is 5.73 Å². The Morgan fingerprint density at radius 3 is 2.75 bits per heavy atom. The third-order valence-corrected chi connectivity index (χ3v) is 2.25. The first-order valence-electron chi connectivity index (χ1n) is 3.25. The molecule has 1 rings (SSSR count). The maximum Gasteiger partial charge on any atom is 0.0671 e. The minimum atomic E-state index is 0.248. The molecule has 0 aliphatic heterocycles. The van der Waals surface area contributed by atoms with E-state index in [0.29, 0.717) is 16.3 Å². The molecule has 0 bridgehead atoms. The molecule has 0 aliphatic rings. The van der Waals surface area contributed by atoms with E-state index in [1.807, 2.05) is 6.07 Å². The Bertz CT molecular complexity index is 320. The van der Waals surface area contributed by atoms with Crippen molar-refractivity contribution in [3.63, 3.8) is 0 Å². The van der Waals surface area contributed by atoms with Gasteiger partial charge in [0, 0.05) is 20.7 Å². The lowest BCUT2D eigenvalue weighted by molar-refractivity contribution is 1.26. The van der Waals surface area contributed by atoms with Crippen molar-refractivity contribution in [2.24, 2.45) is 0 Å². The van der Waals surface area contributed by atoms with Crippen molar-refractivity contribution in [3.8, 4) is 6.07 Å². The van der Waals surface area contributed by atoms with E-state index in [0.717, 1.165) is 4.47 Å². The minimum absolute atomic E-state index is 0.248. The quantitative estimate of drug-likeness (QED) is 0.774. The molecule has 0 aliphatic carbocycles. The van der Waals surface area contributed by atoms with E-state index >= 15 is 0 Å². The average molecular weight is 246 g/mol. The predicted octanol–water partition coefficient (Wildman–Crippen LogP) is 2.75. The van der Waals surface area contributed by atoms with Gasteiger partial charge in [0.05, 0.1) is 12.5 Å². The van der Waals surface area contributed by atoms with Gasteiger partial charge in [0.1, 0.15) is 0 Å². The normalized spacial score (nSPS) is 9.42. The van der Waals surface area contributed by atoms with Crippen molar-refractivity contribution in [3.05, 3.63) is 27.2 Å². The van der Waals surface area contributed by atoms with Gasteiger partial charge in [0.25, 0.3) is 0 Å². The lowest BCUT2D eigenvalue weighted by Gasteiger charge is -2.04. The van der Waals surface area contributed by atoms with Crippen molar-refractivity contribution < 1.29 is 0 Å². The molecule has 0 saturated heterocycles. The molecule has 1 aromatic rings. The first kappa shape index (κ1) is 9.37. The highest BCUT2D eigenvalue weighted by atomic mass is 79.9. The molecule has 0 unspecified atom stereocenters. The number of benzene rings is 1. The van der Waals surface area contributed by atoms with Crippen LogP contribution in [-0.4, -0.2) is 0 Å². The highest BCUT2D eigenvalue weighted by molar-refractivity contribution is 9.10. The van der Waals surface area contributed by atoms with Crippen LogP contribution in [0.25, 0.3) is 0 Å². The molecule has 2 N–H and O–H groups in total. The summed E-state index contributed by atoms with van der Waals surface area (Å²) in [4.78, 5) is 0. The molecule has 0 atom stereocenters. The van der Waals surface area contributed by atoms with Crippen molar-refractivity contribution in [1.29, 1.82) is 5.26 Å². The number of nitriles is 1. The first-order chi connectivity index (χ1) is 5.65. The van der Waals surface area contributed by atoms with Crippen LogP contribution in [0, 0.1) is 11.3 Å². The van der Waals surface area contributed by atoms with Gasteiger partial charge >= 0.3 is 0 Å². The van der Waals surface area contributed by atoms with Crippen LogP contribution in [0.1, 0.15) is 5.56 Å². The van der Waals surface area contributed by atoms with Gasteiger partial charge in [-0.3, -0.25) is 0 Å². The van der Waals surface area contributed by atoms with E-state index in [-0.39, 0.29) is 6.42 Å². The lowest BCUT2D eigenvalue weighted by Crippen LogP contribution is -1.94. The maximum atomic E-state index is 8.46. The number of hydrogen-bond donors (Lipinski definition) is 1. The van der Waals surface area contributed by atoms with Crippen LogP contribution in [0.5, 0.6) is 0 Å². The molecule has 0 saturated carbocycles. The third kappa shape index (κ3) is 1.90. The van der Waals surface area contributed by atoms with Crippen molar-refractivity contribution in [2.75, 3.05) is 5.73 Å². The molecule has 0 fully saturated rings. The van der Waals surface area contributed by atoms with Gasteiger partial charge in [-0.15, -0.1) is 0 Å². The summed E-state index contributed by atoms with van der Waals surface area (Å²) in [6, 6.07) is 5.47. The Hall–Kier alpha value is -0.720. The second-order valence-electron chi connectivity index (χ2n) is 2.29. The maximum absolute atomic E-state index is 8.46. The van der Waals surface area contributed by atoms with E-state index in [2.05, 4.69) is 15.9 Å². The SMILES string of the molecule is N#CCc1c(N)cc(Br)cc1Cl. The molecule has 1 aromatic carbocycles. The second-order valence-corrected chi connectivity index (χ2v) is 3.61. The number of nitrogens with two attached hydrogens (primary N) is 1. The van der Waals surface area contributed by atoms with Gasteiger partial charge in [-0.1, -0.05) is 27.5 Å². The standard InChI is InChI=1S/C8H6BrClN2/c9-5-3-7(10)6(1-2-11)8(12)4-5/h3-4H,1,12H2. The molecular formula is C8H6BrClN2. The van der Waals surface area contributed by atoms with Crippen LogP contribution in [0.4, 0.5) is 5.69 Å². The minimum Gasteiger partial charge on any atom is -0.398 e. The third-order valence-electron chi connectivity index (χ3n) is 1.45. The molecule has 4 heteroatoms. The molecule has 0 aromatic heterocycles. The van der Waals surface area contributed by atoms with E-state index in [1.165, 1.54) is 0 Å². The average Bonchev–Trinajstić information content (AvgIpc) is 1.96. The highest BCUT2D eigenvalue weighted by Crippen LogP contribution is 2.27. The van der Waals surface area contributed by atoms with E-state index in [9.17, 15) is 0 Å². The topological polar surface area (TPSA) is 49.8 Å². The summed E-state index contributed by atoms with van der Waals surface area (Å²) in [5.74, 6) is 0. The molecule has 0 radical (unpaired) electrons. The van der Waals surface area contributed by atoms with Crippen LogP contribution in [0.3, 0.4) is 0 Å². The van der Waals surface area contributed by atoms with E-state index < -0.39 is 0 Å². The number of halogens is 2. The second kappa shape index (κ2) is 3.79. The zero-order valence-corrected chi connectivity index (χ0v) is 8.48. The van der Waals surface area contributed by atoms with Crippen molar-refractivity contribution in [2.45, 2.75) is 6.42 Å². The number of nitrogen functional groups attached to an aromatic ring is 1. The van der Waals surface area contributed by atoms with Crippen molar-refractivity contribution >= 4 is 33.2 Å². The smallest absolute Gasteiger partial charge is 0.0671 e. The number of nitrogens with zero attached hydrogens (tertiary/aromatic N) is 1. The zero-order valence-electron chi connectivity index (χ0n) is 6.14. The number of rotatable bonds is 1. The Morgan fingerprint density at radius 2 is 2.25 bits per heavy atom. The van der Waals surface area contributed by atoms with Crippen LogP contribution in [0.15, 0.2) is 16.6 Å². The molecule has 2 nitrogen and oxygen atoms in total.